The average Bonchev–Trinajstić information content (AvgIpc) is 3.26. The predicted molar refractivity (Wildman–Crippen MR) is 84.9 cm³/mol. The lowest BCUT2D eigenvalue weighted by Gasteiger charge is -2.24. The number of carboxylic acids is 1. The predicted octanol–water partition coefficient (Wildman–Crippen LogP) is 1.28. The number of carboxylic acid groups (broad SMARTS) is 1. The highest BCUT2D eigenvalue weighted by Gasteiger charge is 2.57. The summed E-state index contributed by atoms with van der Waals surface area (Å²) in [5, 5.41) is 23.5. The molecule has 2 fully saturated rings. The molecule has 4 rings (SSSR count). The molecular formula is C17H16N4O3. The Kier molecular flexibility index (Phi) is 3.28. The number of fused-ring (bicyclic) bond motifs is 1. The molecule has 7 nitrogen and oxygen atoms in total. The summed E-state index contributed by atoms with van der Waals surface area (Å²) in [6.45, 7) is 1.51. The van der Waals surface area contributed by atoms with Crippen LogP contribution in [0.5, 0.6) is 0 Å². The lowest BCUT2D eigenvalue weighted by atomic mass is 9.81. The van der Waals surface area contributed by atoms with E-state index in [1.807, 2.05) is 35.2 Å². The summed E-state index contributed by atoms with van der Waals surface area (Å²) in [5.41, 5.74) is 0.380. The van der Waals surface area contributed by atoms with Crippen LogP contribution in [-0.2, 0) is 9.53 Å². The second-order valence-corrected chi connectivity index (χ2v) is 6.29. The van der Waals surface area contributed by atoms with E-state index in [0.717, 1.165) is 5.69 Å². The Morgan fingerprint density at radius 1 is 1.42 bits per heavy atom. The number of para-hydroxylation sites is 1. The smallest absolute Gasteiger partial charge is 0.314 e. The second-order valence-electron chi connectivity index (χ2n) is 6.29. The van der Waals surface area contributed by atoms with Gasteiger partial charge in [0.25, 0.3) is 0 Å². The molecule has 3 heterocycles. The van der Waals surface area contributed by atoms with Crippen LogP contribution in [0.2, 0.25) is 0 Å². The quantitative estimate of drug-likeness (QED) is 0.914. The van der Waals surface area contributed by atoms with Crippen molar-refractivity contribution < 1.29 is 14.6 Å². The van der Waals surface area contributed by atoms with Crippen LogP contribution < -0.4 is 4.90 Å². The van der Waals surface area contributed by atoms with Crippen LogP contribution in [0.3, 0.4) is 0 Å². The molecule has 0 aliphatic carbocycles. The van der Waals surface area contributed by atoms with Gasteiger partial charge in [-0.15, -0.1) is 0 Å². The molecule has 122 valence electrons. The van der Waals surface area contributed by atoms with E-state index in [9.17, 15) is 15.2 Å². The number of rotatable bonds is 3. The molecule has 24 heavy (non-hydrogen) atoms. The molecule has 2 aliphatic rings. The third kappa shape index (κ3) is 2.00. The number of nitrogens with zero attached hydrogens (tertiary/aromatic N) is 4. The number of benzene rings is 1. The molecule has 2 aliphatic heterocycles. The molecular weight excluding hydrogens is 308 g/mol. The minimum absolute atomic E-state index is 0.0827. The van der Waals surface area contributed by atoms with Gasteiger partial charge in [-0.3, -0.25) is 4.79 Å². The van der Waals surface area contributed by atoms with Crippen LogP contribution in [0.1, 0.15) is 5.56 Å². The Morgan fingerprint density at radius 3 is 2.88 bits per heavy atom. The van der Waals surface area contributed by atoms with Crippen LogP contribution in [-0.4, -0.2) is 47.2 Å². The van der Waals surface area contributed by atoms with E-state index in [-0.39, 0.29) is 12.5 Å². The van der Waals surface area contributed by atoms with E-state index in [1.165, 1.54) is 6.20 Å². The van der Waals surface area contributed by atoms with Crippen molar-refractivity contribution in [2.24, 2.45) is 11.3 Å². The Morgan fingerprint density at radius 2 is 2.21 bits per heavy atom. The molecule has 1 aromatic heterocycles. The average molecular weight is 324 g/mol. The topological polar surface area (TPSA) is 91.4 Å². The number of aliphatic carboxylic acids is 1. The Bertz CT molecular complexity index is 826. The van der Waals surface area contributed by atoms with Crippen molar-refractivity contribution in [2.45, 2.75) is 0 Å². The first kappa shape index (κ1) is 14.7. The van der Waals surface area contributed by atoms with Crippen LogP contribution in [0.25, 0.3) is 5.69 Å². The number of nitriles is 1. The van der Waals surface area contributed by atoms with Gasteiger partial charge >= 0.3 is 5.97 Å². The molecule has 2 aromatic rings. The van der Waals surface area contributed by atoms with Gasteiger partial charge in [0.05, 0.1) is 25.1 Å². The molecule has 0 radical (unpaired) electrons. The van der Waals surface area contributed by atoms with Gasteiger partial charge in [-0.25, -0.2) is 4.68 Å². The summed E-state index contributed by atoms with van der Waals surface area (Å²) in [4.78, 5) is 13.8. The molecule has 1 aromatic carbocycles. The molecule has 0 saturated carbocycles. The van der Waals surface area contributed by atoms with Crippen molar-refractivity contribution in [3.63, 3.8) is 0 Å². The molecule has 2 atom stereocenters. The summed E-state index contributed by atoms with van der Waals surface area (Å²) in [6, 6.07) is 11.7. The zero-order valence-electron chi connectivity index (χ0n) is 12.9. The number of ether oxygens (including phenoxy) is 1. The van der Waals surface area contributed by atoms with Gasteiger partial charge in [-0.1, -0.05) is 18.2 Å². The lowest BCUT2D eigenvalue weighted by Crippen LogP contribution is -2.39. The minimum Gasteiger partial charge on any atom is -0.481 e. The Hall–Kier alpha value is -2.85. The molecule has 0 bridgehead atoms. The fraction of sp³-hybridized carbons (Fsp3) is 0.353. The van der Waals surface area contributed by atoms with E-state index in [4.69, 9.17) is 4.74 Å². The zero-order valence-corrected chi connectivity index (χ0v) is 12.9. The summed E-state index contributed by atoms with van der Waals surface area (Å²) >= 11 is 0. The van der Waals surface area contributed by atoms with Gasteiger partial charge in [-0.2, -0.15) is 10.4 Å². The third-order valence-electron chi connectivity index (χ3n) is 4.96. The maximum absolute atomic E-state index is 11.8. The first-order valence-electron chi connectivity index (χ1n) is 7.75. The first-order chi connectivity index (χ1) is 11.7. The van der Waals surface area contributed by atoms with Gasteiger partial charge in [0.1, 0.15) is 22.9 Å². The maximum atomic E-state index is 11.8. The number of hydrogen-bond donors (Lipinski definition) is 1. The Balaban J connectivity index is 1.77. The van der Waals surface area contributed by atoms with Crippen LogP contribution in [0, 0.1) is 22.7 Å². The van der Waals surface area contributed by atoms with E-state index >= 15 is 0 Å². The normalized spacial score (nSPS) is 25.5. The second kappa shape index (κ2) is 5.35. The molecule has 0 amide bonds. The van der Waals surface area contributed by atoms with E-state index in [1.54, 1.807) is 4.68 Å². The lowest BCUT2D eigenvalue weighted by molar-refractivity contribution is -0.149. The first-order valence-corrected chi connectivity index (χ1v) is 7.75. The summed E-state index contributed by atoms with van der Waals surface area (Å²) in [6.07, 6.45) is 1.53. The van der Waals surface area contributed by atoms with Gasteiger partial charge in [0.2, 0.25) is 0 Å². The van der Waals surface area contributed by atoms with E-state index < -0.39 is 11.4 Å². The zero-order chi connectivity index (χ0) is 16.7. The van der Waals surface area contributed by atoms with Gasteiger partial charge in [-0.05, 0) is 12.1 Å². The molecule has 1 N–H and O–H groups in total. The fourth-order valence-corrected chi connectivity index (χ4v) is 3.68. The summed E-state index contributed by atoms with van der Waals surface area (Å²) in [7, 11) is 0. The van der Waals surface area contributed by atoms with Crippen molar-refractivity contribution in [1.82, 2.24) is 9.78 Å². The molecule has 2 saturated heterocycles. The van der Waals surface area contributed by atoms with E-state index in [0.29, 0.717) is 31.1 Å². The van der Waals surface area contributed by atoms with Crippen LogP contribution in [0.15, 0.2) is 36.5 Å². The largest absolute Gasteiger partial charge is 0.481 e. The van der Waals surface area contributed by atoms with Crippen LogP contribution >= 0.6 is 0 Å². The third-order valence-corrected chi connectivity index (χ3v) is 4.96. The van der Waals surface area contributed by atoms with Crippen molar-refractivity contribution >= 4 is 11.8 Å². The highest BCUT2D eigenvalue weighted by atomic mass is 16.5. The van der Waals surface area contributed by atoms with E-state index in [2.05, 4.69) is 11.2 Å². The van der Waals surface area contributed by atoms with Gasteiger partial charge in [0.15, 0.2) is 0 Å². The van der Waals surface area contributed by atoms with Crippen LogP contribution in [0.4, 0.5) is 5.82 Å². The highest BCUT2D eigenvalue weighted by Crippen LogP contribution is 2.44. The number of carbonyl (C=O) groups is 1. The number of aromatic nitrogens is 2. The SMILES string of the molecule is N#Cc1cnn(-c2ccccc2)c1N1C[C@@H]2COC[C@]2(C(=O)O)C1. The Labute approximate surface area is 138 Å². The van der Waals surface area contributed by atoms with Crippen molar-refractivity contribution in [1.29, 1.82) is 5.26 Å². The van der Waals surface area contributed by atoms with Gasteiger partial charge in [0, 0.05) is 19.0 Å². The number of anilines is 1. The molecule has 0 spiro atoms. The number of hydrogen-bond acceptors (Lipinski definition) is 5. The van der Waals surface area contributed by atoms with Crippen molar-refractivity contribution in [2.75, 3.05) is 31.2 Å². The minimum atomic E-state index is -0.904. The maximum Gasteiger partial charge on any atom is 0.314 e. The summed E-state index contributed by atoms with van der Waals surface area (Å²) < 4.78 is 7.12. The van der Waals surface area contributed by atoms with Crippen molar-refractivity contribution in [3.8, 4) is 11.8 Å². The molecule has 0 unspecified atom stereocenters. The monoisotopic (exact) mass is 324 g/mol. The van der Waals surface area contributed by atoms with Gasteiger partial charge < -0.3 is 14.7 Å². The van der Waals surface area contributed by atoms with Crippen molar-refractivity contribution in [3.05, 3.63) is 42.1 Å². The fourth-order valence-electron chi connectivity index (χ4n) is 3.68. The summed E-state index contributed by atoms with van der Waals surface area (Å²) in [5.74, 6) is -0.267. The molecule has 7 heteroatoms. The standard InChI is InChI=1S/C17H16N4O3/c18-6-12-7-19-21(14-4-2-1-3-5-14)15(12)20-8-13-9-24-11-17(13,10-20)16(22)23/h1-5,7,13H,8-11H2,(H,22,23)/t13-,17-/m1/s1. The highest BCUT2D eigenvalue weighted by molar-refractivity contribution is 5.78.